The summed E-state index contributed by atoms with van der Waals surface area (Å²) in [6.07, 6.45) is 1.91. The number of carbonyl (C=O) groups excluding carboxylic acids is 1. The lowest BCUT2D eigenvalue weighted by Crippen LogP contribution is -2.12. The standard InChI is InChI=1S/C21H20N2O3/c1-3-26-21(24)15-25-14-18-19(23-13-5-4-6-20(23)22-18)12-11-17-9-7-16(2)8-10-17/h4-10,13H,3,14-15H2,1-2H3. The van der Waals surface area contributed by atoms with Crippen LogP contribution in [-0.4, -0.2) is 28.6 Å². The van der Waals surface area contributed by atoms with Crippen LogP contribution in [0.3, 0.4) is 0 Å². The van der Waals surface area contributed by atoms with Crippen molar-refractivity contribution in [2.75, 3.05) is 13.2 Å². The van der Waals surface area contributed by atoms with Crippen molar-refractivity contribution in [3.05, 3.63) is 71.2 Å². The van der Waals surface area contributed by atoms with Crippen LogP contribution in [0.2, 0.25) is 0 Å². The molecule has 0 saturated carbocycles. The zero-order chi connectivity index (χ0) is 18.4. The second-order valence-corrected chi connectivity index (χ2v) is 5.75. The van der Waals surface area contributed by atoms with Gasteiger partial charge in [0.1, 0.15) is 23.6 Å². The fourth-order valence-corrected chi connectivity index (χ4v) is 2.48. The third-order valence-corrected chi connectivity index (χ3v) is 3.74. The van der Waals surface area contributed by atoms with Crippen LogP contribution in [-0.2, 0) is 20.9 Å². The van der Waals surface area contributed by atoms with Crippen LogP contribution in [0.5, 0.6) is 0 Å². The van der Waals surface area contributed by atoms with Gasteiger partial charge in [0.15, 0.2) is 0 Å². The van der Waals surface area contributed by atoms with Crippen LogP contribution in [0.4, 0.5) is 0 Å². The van der Waals surface area contributed by atoms with Gasteiger partial charge in [-0.2, -0.15) is 0 Å². The second-order valence-electron chi connectivity index (χ2n) is 5.75. The number of pyridine rings is 1. The van der Waals surface area contributed by atoms with Crippen LogP contribution in [0.25, 0.3) is 5.65 Å². The van der Waals surface area contributed by atoms with Crippen LogP contribution in [0.1, 0.15) is 29.4 Å². The van der Waals surface area contributed by atoms with Gasteiger partial charge in [-0.3, -0.25) is 4.40 Å². The number of ether oxygens (including phenoxy) is 2. The minimum Gasteiger partial charge on any atom is -0.464 e. The van der Waals surface area contributed by atoms with Crippen LogP contribution in [0, 0.1) is 18.8 Å². The number of aryl methyl sites for hydroxylation is 1. The van der Waals surface area contributed by atoms with E-state index in [4.69, 9.17) is 9.47 Å². The first-order valence-corrected chi connectivity index (χ1v) is 8.45. The van der Waals surface area contributed by atoms with Gasteiger partial charge in [-0.15, -0.1) is 0 Å². The number of imidazole rings is 1. The topological polar surface area (TPSA) is 52.8 Å². The lowest BCUT2D eigenvalue weighted by molar-refractivity contribution is -0.148. The molecule has 0 aliphatic carbocycles. The quantitative estimate of drug-likeness (QED) is 0.525. The highest BCUT2D eigenvalue weighted by Gasteiger charge is 2.11. The fraction of sp³-hybridized carbons (Fsp3) is 0.238. The molecule has 2 aromatic heterocycles. The van der Waals surface area contributed by atoms with Crippen molar-refractivity contribution in [3.8, 4) is 11.8 Å². The lowest BCUT2D eigenvalue weighted by Gasteiger charge is -2.03. The van der Waals surface area contributed by atoms with E-state index in [0.29, 0.717) is 12.3 Å². The largest absolute Gasteiger partial charge is 0.464 e. The Hall–Kier alpha value is -3.10. The van der Waals surface area contributed by atoms with Gasteiger partial charge in [-0.1, -0.05) is 29.7 Å². The Kier molecular flexibility index (Phi) is 5.67. The van der Waals surface area contributed by atoms with Gasteiger partial charge in [0, 0.05) is 11.8 Å². The average Bonchev–Trinajstić information content (AvgIpc) is 2.99. The molecular weight excluding hydrogens is 328 g/mol. The van der Waals surface area contributed by atoms with Gasteiger partial charge in [0.2, 0.25) is 0 Å². The van der Waals surface area contributed by atoms with E-state index in [1.165, 1.54) is 5.56 Å². The number of carbonyl (C=O) groups is 1. The smallest absolute Gasteiger partial charge is 0.332 e. The van der Waals surface area contributed by atoms with E-state index in [0.717, 1.165) is 16.9 Å². The van der Waals surface area contributed by atoms with Crippen molar-refractivity contribution in [1.82, 2.24) is 9.38 Å². The van der Waals surface area contributed by atoms with Gasteiger partial charge in [0.25, 0.3) is 0 Å². The van der Waals surface area contributed by atoms with Crippen molar-refractivity contribution >= 4 is 11.6 Å². The van der Waals surface area contributed by atoms with E-state index >= 15 is 0 Å². The fourth-order valence-electron chi connectivity index (χ4n) is 2.48. The van der Waals surface area contributed by atoms with Crippen LogP contribution in [0.15, 0.2) is 48.7 Å². The molecular formula is C21H20N2O3. The molecule has 0 fully saturated rings. The normalized spacial score (nSPS) is 10.4. The monoisotopic (exact) mass is 348 g/mol. The van der Waals surface area contributed by atoms with Crippen molar-refractivity contribution < 1.29 is 14.3 Å². The molecule has 3 aromatic rings. The summed E-state index contributed by atoms with van der Waals surface area (Å²) in [5.41, 5.74) is 4.36. The van der Waals surface area contributed by atoms with E-state index in [2.05, 4.69) is 16.8 Å². The Morgan fingerprint density at radius 3 is 2.73 bits per heavy atom. The van der Waals surface area contributed by atoms with Gasteiger partial charge >= 0.3 is 5.97 Å². The van der Waals surface area contributed by atoms with E-state index in [1.54, 1.807) is 6.92 Å². The predicted octanol–water partition coefficient (Wildman–Crippen LogP) is 3.12. The Morgan fingerprint density at radius 1 is 1.15 bits per heavy atom. The minimum absolute atomic E-state index is 0.105. The summed E-state index contributed by atoms with van der Waals surface area (Å²) in [5.74, 6) is 5.97. The lowest BCUT2D eigenvalue weighted by atomic mass is 10.1. The number of fused-ring (bicyclic) bond motifs is 1. The van der Waals surface area contributed by atoms with Crippen LogP contribution >= 0.6 is 0 Å². The van der Waals surface area contributed by atoms with Crippen molar-refractivity contribution in [2.45, 2.75) is 20.5 Å². The highest BCUT2D eigenvalue weighted by Crippen LogP contribution is 2.13. The summed E-state index contributed by atoms with van der Waals surface area (Å²) in [6.45, 7) is 4.23. The first-order chi connectivity index (χ1) is 12.7. The van der Waals surface area contributed by atoms with E-state index in [-0.39, 0.29) is 19.2 Å². The van der Waals surface area contributed by atoms with Crippen LogP contribution < -0.4 is 0 Å². The first kappa shape index (κ1) is 17.7. The third kappa shape index (κ3) is 4.29. The van der Waals surface area contributed by atoms with E-state index < -0.39 is 0 Å². The summed E-state index contributed by atoms with van der Waals surface area (Å²) < 4.78 is 12.2. The number of nitrogens with zero attached hydrogens (tertiary/aromatic N) is 2. The zero-order valence-electron chi connectivity index (χ0n) is 14.9. The second kappa shape index (κ2) is 8.32. The molecule has 1 aromatic carbocycles. The molecule has 0 radical (unpaired) electrons. The maximum absolute atomic E-state index is 11.4. The molecule has 0 aliphatic rings. The molecule has 5 nitrogen and oxygen atoms in total. The molecule has 0 N–H and O–H groups in total. The number of hydrogen-bond acceptors (Lipinski definition) is 4. The summed E-state index contributed by atoms with van der Waals surface area (Å²) in [4.78, 5) is 16.0. The maximum Gasteiger partial charge on any atom is 0.332 e. The number of rotatable bonds is 5. The SMILES string of the molecule is CCOC(=O)COCc1nc2ccccn2c1C#Cc1ccc(C)cc1. The molecule has 0 unspecified atom stereocenters. The van der Waals surface area contributed by atoms with Crippen molar-refractivity contribution in [3.63, 3.8) is 0 Å². The molecule has 26 heavy (non-hydrogen) atoms. The molecule has 5 heteroatoms. The number of hydrogen-bond donors (Lipinski definition) is 0. The minimum atomic E-state index is -0.386. The van der Waals surface area contributed by atoms with Gasteiger partial charge < -0.3 is 9.47 Å². The Morgan fingerprint density at radius 2 is 1.96 bits per heavy atom. The van der Waals surface area contributed by atoms with Crippen molar-refractivity contribution in [1.29, 1.82) is 0 Å². The predicted molar refractivity (Wildman–Crippen MR) is 98.6 cm³/mol. The molecule has 0 spiro atoms. The van der Waals surface area contributed by atoms with E-state index in [9.17, 15) is 4.79 Å². The average molecular weight is 348 g/mol. The Balaban J connectivity index is 1.85. The maximum atomic E-state index is 11.4. The number of aromatic nitrogens is 2. The molecule has 132 valence electrons. The molecule has 0 bridgehead atoms. The van der Waals surface area contributed by atoms with E-state index in [1.807, 2.05) is 60.0 Å². The van der Waals surface area contributed by atoms with Gasteiger partial charge in [0.05, 0.1) is 13.2 Å². The molecule has 2 heterocycles. The summed E-state index contributed by atoms with van der Waals surface area (Å²) in [7, 11) is 0. The highest BCUT2D eigenvalue weighted by molar-refractivity contribution is 5.70. The Labute approximate surface area is 152 Å². The molecule has 0 atom stereocenters. The zero-order valence-corrected chi connectivity index (χ0v) is 14.9. The summed E-state index contributed by atoms with van der Waals surface area (Å²) in [5, 5.41) is 0. The molecule has 3 rings (SSSR count). The third-order valence-electron chi connectivity index (χ3n) is 3.74. The number of esters is 1. The molecule has 0 aliphatic heterocycles. The summed E-state index contributed by atoms with van der Waals surface area (Å²) >= 11 is 0. The highest BCUT2D eigenvalue weighted by atomic mass is 16.6. The summed E-state index contributed by atoms with van der Waals surface area (Å²) in [6, 6.07) is 13.8. The van der Waals surface area contributed by atoms with Gasteiger partial charge in [-0.05, 0) is 44.0 Å². The van der Waals surface area contributed by atoms with Gasteiger partial charge in [-0.25, -0.2) is 9.78 Å². The Bertz CT molecular complexity index is 962. The first-order valence-electron chi connectivity index (χ1n) is 8.45. The number of benzene rings is 1. The molecule has 0 amide bonds. The van der Waals surface area contributed by atoms with Crippen molar-refractivity contribution in [2.24, 2.45) is 0 Å². The molecule has 0 saturated heterocycles.